The fourth-order valence-electron chi connectivity index (χ4n) is 3.35. The third kappa shape index (κ3) is 4.92. The van der Waals surface area contributed by atoms with E-state index in [1.54, 1.807) is 20.8 Å². The molecule has 0 bridgehead atoms. The van der Waals surface area contributed by atoms with E-state index in [1.807, 2.05) is 37.4 Å². The van der Waals surface area contributed by atoms with Crippen LogP contribution < -0.4 is 10.6 Å². The summed E-state index contributed by atoms with van der Waals surface area (Å²) in [6.45, 7) is 9.34. The lowest BCUT2D eigenvalue weighted by molar-refractivity contribution is 0.478. The van der Waals surface area contributed by atoms with Crippen LogP contribution >= 0.6 is 0 Å². The molecule has 6 heteroatoms. The summed E-state index contributed by atoms with van der Waals surface area (Å²) in [5, 5.41) is 6.92. The second kappa shape index (κ2) is 8.21. The number of pyridine rings is 1. The SMILES string of the molecule is Cc1cnc(NC2CCNCC2)cc1-c1cccc(CS(=O)(=O)C(C)(C)C)c1. The van der Waals surface area contributed by atoms with Crippen molar-refractivity contribution >= 4 is 15.7 Å². The number of aryl methyl sites for hydroxylation is 1. The zero-order chi connectivity index (χ0) is 20.4. The van der Waals surface area contributed by atoms with E-state index < -0.39 is 14.6 Å². The summed E-state index contributed by atoms with van der Waals surface area (Å²) < 4.78 is 24.4. The third-order valence-electron chi connectivity index (χ3n) is 5.32. The van der Waals surface area contributed by atoms with Gasteiger partial charge in [0, 0.05) is 12.2 Å². The number of aromatic nitrogens is 1. The van der Waals surface area contributed by atoms with Crippen LogP contribution in [0.2, 0.25) is 0 Å². The van der Waals surface area contributed by atoms with Crippen molar-refractivity contribution in [3.63, 3.8) is 0 Å². The number of sulfone groups is 1. The molecule has 0 saturated carbocycles. The van der Waals surface area contributed by atoms with Crippen LogP contribution in [-0.4, -0.2) is 37.3 Å². The molecular formula is C22H31N3O2S. The number of nitrogens with zero attached hydrogens (tertiary/aromatic N) is 1. The van der Waals surface area contributed by atoms with Gasteiger partial charge in [-0.3, -0.25) is 0 Å². The molecule has 1 aromatic carbocycles. The molecule has 2 heterocycles. The van der Waals surface area contributed by atoms with Gasteiger partial charge >= 0.3 is 0 Å². The molecule has 0 unspecified atom stereocenters. The highest BCUT2D eigenvalue weighted by Crippen LogP contribution is 2.28. The first-order valence-corrected chi connectivity index (χ1v) is 11.6. The van der Waals surface area contributed by atoms with Crippen LogP contribution in [0, 0.1) is 6.92 Å². The van der Waals surface area contributed by atoms with E-state index in [0.717, 1.165) is 54.0 Å². The minimum absolute atomic E-state index is 0.0503. The molecule has 1 fully saturated rings. The number of hydrogen-bond acceptors (Lipinski definition) is 5. The molecule has 3 rings (SSSR count). The quantitative estimate of drug-likeness (QED) is 0.794. The molecule has 2 N–H and O–H groups in total. The minimum atomic E-state index is -3.22. The van der Waals surface area contributed by atoms with Crippen molar-refractivity contribution in [2.24, 2.45) is 0 Å². The van der Waals surface area contributed by atoms with Crippen LogP contribution in [0.25, 0.3) is 11.1 Å². The molecule has 2 aromatic rings. The van der Waals surface area contributed by atoms with Crippen molar-refractivity contribution in [3.05, 3.63) is 47.7 Å². The smallest absolute Gasteiger partial charge is 0.159 e. The van der Waals surface area contributed by atoms with E-state index >= 15 is 0 Å². The monoisotopic (exact) mass is 401 g/mol. The summed E-state index contributed by atoms with van der Waals surface area (Å²) in [4.78, 5) is 4.55. The van der Waals surface area contributed by atoms with Crippen LogP contribution in [0.3, 0.4) is 0 Å². The topological polar surface area (TPSA) is 71.1 Å². The Morgan fingerprint density at radius 3 is 2.57 bits per heavy atom. The largest absolute Gasteiger partial charge is 0.367 e. The predicted octanol–water partition coefficient (Wildman–Crippen LogP) is 3.93. The van der Waals surface area contributed by atoms with E-state index in [2.05, 4.69) is 21.7 Å². The normalized spacial score (nSPS) is 16.1. The Morgan fingerprint density at radius 1 is 1.18 bits per heavy atom. The Morgan fingerprint density at radius 2 is 1.89 bits per heavy atom. The first-order valence-electron chi connectivity index (χ1n) is 9.91. The maximum Gasteiger partial charge on any atom is 0.159 e. The molecule has 1 saturated heterocycles. The Bertz CT molecular complexity index is 927. The molecule has 0 atom stereocenters. The summed E-state index contributed by atoms with van der Waals surface area (Å²) in [5.74, 6) is 0.925. The minimum Gasteiger partial charge on any atom is -0.367 e. The summed E-state index contributed by atoms with van der Waals surface area (Å²) >= 11 is 0. The van der Waals surface area contributed by atoms with Gasteiger partial charge in [0.1, 0.15) is 5.82 Å². The molecule has 0 radical (unpaired) electrons. The second-order valence-electron chi connectivity index (χ2n) is 8.62. The van der Waals surface area contributed by atoms with Crippen molar-refractivity contribution in [1.82, 2.24) is 10.3 Å². The van der Waals surface area contributed by atoms with Gasteiger partial charge in [0.05, 0.1) is 10.5 Å². The van der Waals surface area contributed by atoms with Crippen LogP contribution in [0.15, 0.2) is 36.5 Å². The van der Waals surface area contributed by atoms with Gasteiger partial charge in [0.15, 0.2) is 9.84 Å². The summed E-state index contributed by atoms with van der Waals surface area (Å²) in [6, 6.07) is 10.4. The van der Waals surface area contributed by atoms with Crippen LogP contribution in [0.4, 0.5) is 5.82 Å². The number of hydrogen-bond donors (Lipinski definition) is 2. The standard InChI is InChI=1S/C22H31N3O2S/c1-16-14-24-21(25-19-8-10-23-11-9-19)13-20(16)18-7-5-6-17(12-18)15-28(26,27)22(2,3)4/h5-7,12-14,19,23H,8-11,15H2,1-4H3,(H,24,25). The highest BCUT2D eigenvalue weighted by atomic mass is 32.2. The fraction of sp³-hybridized carbons (Fsp3) is 0.500. The van der Waals surface area contributed by atoms with E-state index in [0.29, 0.717) is 6.04 Å². The average molecular weight is 402 g/mol. The van der Waals surface area contributed by atoms with E-state index in [-0.39, 0.29) is 5.75 Å². The molecular weight excluding hydrogens is 370 g/mol. The van der Waals surface area contributed by atoms with Crippen molar-refractivity contribution in [1.29, 1.82) is 0 Å². The van der Waals surface area contributed by atoms with E-state index in [9.17, 15) is 8.42 Å². The zero-order valence-corrected chi connectivity index (χ0v) is 18.1. The Labute approximate surface area is 168 Å². The van der Waals surface area contributed by atoms with Crippen LogP contribution in [-0.2, 0) is 15.6 Å². The van der Waals surface area contributed by atoms with E-state index in [1.165, 1.54) is 0 Å². The third-order valence-corrected chi connectivity index (χ3v) is 7.90. The number of rotatable bonds is 5. The van der Waals surface area contributed by atoms with Gasteiger partial charge in [0.25, 0.3) is 0 Å². The summed E-state index contributed by atoms with van der Waals surface area (Å²) in [7, 11) is -3.22. The van der Waals surface area contributed by atoms with Crippen molar-refractivity contribution in [2.45, 2.75) is 57.1 Å². The first kappa shape index (κ1) is 20.8. The number of benzene rings is 1. The molecule has 0 spiro atoms. The first-order chi connectivity index (χ1) is 13.2. The zero-order valence-electron chi connectivity index (χ0n) is 17.2. The lowest BCUT2D eigenvalue weighted by Crippen LogP contribution is -2.35. The van der Waals surface area contributed by atoms with Gasteiger partial charge < -0.3 is 10.6 Å². The van der Waals surface area contributed by atoms with Crippen molar-refractivity contribution < 1.29 is 8.42 Å². The van der Waals surface area contributed by atoms with Gasteiger partial charge in [-0.2, -0.15) is 0 Å². The maximum atomic E-state index is 12.6. The molecule has 5 nitrogen and oxygen atoms in total. The molecule has 152 valence electrons. The highest BCUT2D eigenvalue weighted by molar-refractivity contribution is 7.91. The summed E-state index contributed by atoms with van der Waals surface area (Å²) in [6.07, 6.45) is 4.06. The fourth-order valence-corrected chi connectivity index (χ4v) is 4.41. The van der Waals surface area contributed by atoms with Gasteiger partial charge in [-0.05, 0) is 81.9 Å². The van der Waals surface area contributed by atoms with Gasteiger partial charge in [-0.25, -0.2) is 13.4 Å². The Balaban J connectivity index is 1.86. The molecule has 1 aromatic heterocycles. The molecule has 28 heavy (non-hydrogen) atoms. The molecule has 1 aliphatic rings. The molecule has 0 aliphatic carbocycles. The molecule has 1 aliphatic heterocycles. The lowest BCUT2D eigenvalue weighted by Gasteiger charge is -2.24. The number of piperidine rings is 1. The number of nitrogens with one attached hydrogen (secondary N) is 2. The van der Waals surface area contributed by atoms with Crippen molar-refractivity contribution in [3.8, 4) is 11.1 Å². The van der Waals surface area contributed by atoms with Crippen LogP contribution in [0.1, 0.15) is 44.7 Å². The van der Waals surface area contributed by atoms with Gasteiger partial charge in [0.2, 0.25) is 0 Å². The highest BCUT2D eigenvalue weighted by Gasteiger charge is 2.29. The van der Waals surface area contributed by atoms with E-state index in [4.69, 9.17) is 0 Å². The van der Waals surface area contributed by atoms with Gasteiger partial charge in [-0.1, -0.05) is 24.3 Å². The lowest BCUT2D eigenvalue weighted by atomic mass is 10.0. The van der Waals surface area contributed by atoms with Crippen LogP contribution in [0.5, 0.6) is 0 Å². The predicted molar refractivity (Wildman–Crippen MR) is 116 cm³/mol. The molecule has 0 amide bonds. The number of anilines is 1. The Kier molecular flexibility index (Phi) is 6.10. The van der Waals surface area contributed by atoms with Crippen molar-refractivity contribution in [2.75, 3.05) is 18.4 Å². The summed E-state index contributed by atoms with van der Waals surface area (Å²) in [5.41, 5.74) is 4.00. The van der Waals surface area contributed by atoms with Gasteiger partial charge in [-0.15, -0.1) is 0 Å². The average Bonchev–Trinajstić information content (AvgIpc) is 2.63. The maximum absolute atomic E-state index is 12.6. The Hall–Kier alpha value is -1.92. The second-order valence-corrected chi connectivity index (χ2v) is 11.4.